The molecule has 1 aromatic carbocycles. The van der Waals surface area contributed by atoms with Crippen LogP contribution in [0.4, 0.5) is 0 Å². The Balaban J connectivity index is 1.99. The van der Waals surface area contributed by atoms with Gasteiger partial charge in [0.05, 0.1) is 11.6 Å². The van der Waals surface area contributed by atoms with E-state index in [0.29, 0.717) is 0 Å². The van der Waals surface area contributed by atoms with E-state index in [1.54, 1.807) is 6.20 Å². The van der Waals surface area contributed by atoms with Gasteiger partial charge in [-0.2, -0.15) is 0 Å². The van der Waals surface area contributed by atoms with Crippen molar-refractivity contribution in [2.45, 2.75) is 12.5 Å². The molecule has 0 aliphatic heterocycles. The number of hydrogen-bond donors (Lipinski definition) is 2. The molecule has 2 aromatic heterocycles. The van der Waals surface area contributed by atoms with E-state index >= 15 is 0 Å². The Morgan fingerprint density at radius 3 is 2.75 bits per heavy atom. The van der Waals surface area contributed by atoms with Crippen LogP contribution in [-0.2, 0) is 6.42 Å². The summed E-state index contributed by atoms with van der Waals surface area (Å²) in [5.74, 6) is 5.75. The van der Waals surface area contributed by atoms with Crippen LogP contribution in [0.25, 0.3) is 10.9 Å². The van der Waals surface area contributed by atoms with Gasteiger partial charge >= 0.3 is 0 Å². The van der Waals surface area contributed by atoms with Crippen molar-refractivity contribution in [2.75, 3.05) is 0 Å². The third-order valence-corrected chi connectivity index (χ3v) is 3.42. The van der Waals surface area contributed by atoms with E-state index in [1.165, 1.54) is 0 Å². The number of hydrogen-bond acceptors (Lipinski definition) is 4. The summed E-state index contributed by atoms with van der Waals surface area (Å²) in [6.45, 7) is 0. The summed E-state index contributed by atoms with van der Waals surface area (Å²) < 4.78 is 0. The molecule has 0 fully saturated rings. The number of nitrogens with one attached hydrogen (secondary N) is 1. The lowest BCUT2D eigenvalue weighted by Crippen LogP contribution is -2.29. The van der Waals surface area contributed by atoms with Crippen LogP contribution in [0.3, 0.4) is 0 Å². The summed E-state index contributed by atoms with van der Waals surface area (Å²) in [6.07, 6.45) is 6.26. The number of hydrazine groups is 1. The first-order chi connectivity index (χ1) is 9.88. The van der Waals surface area contributed by atoms with Gasteiger partial charge in [0.15, 0.2) is 0 Å². The molecule has 4 heteroatoms. The molecule has 3 aromatic rings. The Hall–Kier alpha value is -2.30. The smallest absolute Gasteiger partial charge is 0.0705 e. The maximum atomic E-state index is 5.75. The SMILES string of the molecule is NNC(Cc1cccnc1)c1ccnc2ccccc12. The lowest BCUT2D eigenvalue weighted by Gasteiger charge is -2.18. The van der Waals surface area contributed by atoms with Gasteiger partial charge in [-0.3, -0.25) is 21.2 Å². The molecule has 0 aliphatic carbocycles. The molecule has 100 valence electrons. The molecule has 0 amide bonds. The van der Waals surface area contributed by atoms with Gasteiger partial charge in [0.1, 0.15) is 0 Å². The Bertz CT molecular complexity index is 692. The zero-order valence-electron chi connectivity index (χ0n) is 11.0. The highest BCUT2D eigenvalue weighted by Crippen LogP contribution is 2.24. The van der Waals surface area contributed by atoms with Crippen molar-refractivity contribution >= 4 is 10.9 Å². The largest absolute Gasteiger partial charge is 0.271 e. The highest BCUT2D eigenvalue weighted by molar-refractivity contribution is 5.82. The fourth-order valence-corrected chi connectivity index (χ4v) is 2.44. The minimum atomic E-state index is 0.0344. The van der Waals surface area contributed by atoms with Crippen LogP contribution in [0.15, 0.2) is 61.1 Å². The van der Waals surface area contributed by atoms with Crippen molar-refractivity contribution in [1.29, 1.82) is 0 Å². The van der Waals surface area contributed by atoms with E-state index in [2.05, 4.69) is 27.5 Å². The van der Waals surface area contributed by atoms with Gasteiger partial charge in [-0.25, -0.2) is 0 Å². The van der Waals surface area contributed by atoms with E-state index in [-0.39, 0.29) is 6.04 Å². The first kappa shape index (κ1) is 12.7. The summed E-state index contributed by atoms with van der Waals surface area (Å²) in [6, 6.07) is 14.1. The van der Waals surface area contributed by atoms with E-state index in [4.69, 9.17) is 5.84 Å². The second-order valence-corrected chi connectivity index (χ2v) is 4.70. The summed E-state index contributed by atoms with van der Waals surface area (Å²) in [4.78, 5) is 8.53. The molecule has 3 rings (SSSR count). The molecular weight excluding hydrogens is 248 g/mol. The van der Waals surface area contributed by atoms with E-state index in [9.17, 15) is 0 Å². The highest BCUT2D eigenvalue weighted by atomic mass is 15.2. The average molecular weight is 264 g/mol. The molecule has 0 radical (unpaired) electrons. The normalized spacial score (nSPS) is 12.4. The summed E-state index contributed by atoms with van der Waals surface area (Å²) in [5.41, 5.74) is 6.19. The van der Waals surface area contributed by atoms with Crippen LogP contribution in [0.2, 0.25) is 0 Å². The van der Waals surface area contributed by atoms with Gasteiger partial charge in [0, 0.05) is 24.0 Å². The molecular formula is C16H16N4. The number of nitrogens with zero attached hydrogens (tertiary/aromatic N) is 2. The van der Waals surface area contributed by atoms with Gasteiger partial charge in [0.25, 0.3) is 0 Å². The van der Waals surface area contributed by atoms with E-state index in [0.717, 1.165) is 28.5 Å². The van der Waals surface area contributed by atoms with Crippen molar-refractivity contribution in [3.05, 3.63) is 72.2 Å². The Labute approximate surface area is 117 Å². The number of benzene rings is 1. The number of para-hydroxylation sites is 1. The zero-order valence-corrected chi connectivity index (χ0v) is 11.0. The molecule has 0 spiro atoms. The van der Waals surface area contributed by atoms with Crippen molar-refractivity contribution in [3.8, 4) is 0 Å². The summed E-state index contributed by atoms with van der Waals surface area (Å²) in [7, 11) is 0. The number of rotatable bonds is 4. The number of fused-ring (bicyclic) bond motifs is 1. The van der Waals surface area contributed by atoms with Crippen LogP contribution >= 0.6 is 0 Å². The Morgan fingerprint density at radius 1 is 1.05 bits per heavy atom. The fourth-order valence-electron chi connectivity index (χ4n) is 2.44. The van der Waals surface area contributed by atoms with Crippen LogP contribution in [0.5, 0.6) is 0 Å². The van der Waals surface area contributed by atoms with E-state index < -0.39 is 0 Å². The van der Waals surface area contributed by atoms with Gasteiger partial charge < -0.3 is 0 Å². The average Bonchev–Trinajstić information content (AvgIpc) is 2.53. The predicted octanol–water partition coefficient (Wildman–Crippen LogP) is 2.38. The number of pyridine rings is 2. The second kappa shape index (κ2) is 5.77. The number of nitrogens with two attached hydrogens (primary N) is 1. The lowest BCUT2D eigenvalue weighted by molar-refractivity contribution is 0.554. The fraction of sp³-hybridized carbons (Fsp3) is 0.125. The molecule has 0 bridgehead atoms. The minimum Gasteiger partial charge on any atom is -0.271 e. The first-order valence-electron chi connectivity index (χ1n) is 6.57. The standard InChI is InChI=1S/C16H16N4/c17-20-16(10-12-4-3-8-18-11-12)14-7-9-19-15-6-2-1-5-13(14)15/h1-9,11,16,20H,10,17H2. The molecule has 1 unspecified atom stereocenters. The van der Waals surface area contributed by atoms with Crippen LogP contribution < -0.4 is 11.3 Å². The van der Waals surface area contributed by atoms with Gasteiger partial charge in [-0.1, -0.05) is 24.3 Å². The predicted molar refractivity (Wildman–Crippen MR) is 79.7 cm³/mol. The number of aromatic nitrogens is 2. The quantitative estimate of drug-likeness (QED) is 0.561. The van der Waals surface area contributed by atoms with Gasteiger partial charge in [-0.15, -0.1) is 0 Å². The van der Waals surface area contributed by atoms with Crippen molar-refractivity contribution < 1.29 is 0 Å². The van der Waals surface area contributed by atoms with Crippen LogP contribution in [0.1, 0.15) is 17.2 Å². The summed E-state index contributed by atoms with van der Waals surface area (Å²) in [5, 5.41) is 1.13. The van der Waals surface area contributed by atoms with Gasteiger partial charge in [0.2, 0.25) is 0 Å². The van der Waals surface area contributed by atoms with Crippen molar-refractivity contribution in [2.24, 2.45) is 5.84 Å². The highest BCUT2D eigenvalue weighted by Gasteiger charge is 2.13. The van der Waals surface area contributed by atoms with Crippen molar-refractivity contribution in [1.82, 2.24) is 15.4 Å². The Kier molecular flexibility index (Phi) is 3.67. The van der Waals surface area contributed by atoms with Crippen LogP contribution in [0, 0.1) is 0 Å². The molecule has 20 heavy (non-hydrogen) atoms. The van der Waals surface area contributed by atoms with Gasteiger partial charge in [-0.05, 0) is 35.7 Å². The third kappa shape index (κ3) is 2.52. The van der Waals surface area contributed by atoms with Crippen molar-refractivity contribution in [3.63, 3.8) is 0 Å². The second-order valence-electron chi connectivity index (χ2n) is 4.70. The molecule has 3 N–H and O–H groups in total. The molecule has 0 aliphatic rings. The molecule has 1 atom stereocenters. The maximum Gasteiger partial charge on any atom is 0.0705 e. The zero-order chi connectivity index (χ0) is 13.8. The minimum absolute atomic E-state index is 0.0344. The molecule has 4 nitrogen and oxygen atoms in total. The molecule has 0 saturated carbocycles. The maximum absolute atomic E-state index is 5.75. The van der Waals surface area contributed by atoms with Crippen LogP contribution in [-0.4, -0.2) is 9.97 Å². The molecule has 0 saturated heterocycles. The third-order valence-electron chi connectivity index (χ3n) is 3.42. The van der Waals surface area contributed by atoms with E-state index in [1.807, 2.05) is 42.7 Å². The summed E-state index contributed by atoms with van der Waals surface area (Å²) >= 11 is 0. The lowest BCUT2D eigenvalue weighted by atomic mass is 9.97. The topological polar surface area (TPSA) is 63.8 Å². The molecule has 2 heterocycles. The monoisotopic (exact) mass is 264 g/mol. The first-order valence-corrected chi connectivity index (χ1v) is 6.57. The Morgan fingerprint density at radius 2 is 1.95 bits per heavy atom.